The summed E-state index contributed by atoms with van der Waals surface area (Å²) in [6.07, 6.45) is 2.25. The van der Waals surface area contributed by atoms with Crippen LogP contribution in [0.3, 0.4) is 0 Å². The first-order valence-corrected chi connectivity index (χ1v) is 8.01. The monoisotopic (exact) mass is 289 g/mol. The van der Waals surface area contributed by atoms with E-state index in [1.54, 1.807) is 11.3 Å². The number of benzene rings is 1. The molecule has 3 nitrogen and oxygen atoms in total. The highest BCUT2D eigenvalue weighted by atomic mass is 32.1. The molecule has 0 saturated carbocycles. The predicted octanol–water partition coefficient (Wildman–Crippen LogP) is 3.11. The van der Waals surface area contributed by atoms with Crippen LogP contribution in [0.4, 0.5) is 5.69 Å². The standard InChI is InChI=1S/C16H23N3S/c1-14-16(20-13-18-14)9-11-17-10-6-12-19(2)15-7-4-3-5-8-15/h3-5,7-8,13,17H,6,9-12H2,1-2H3. The van der Waals surface area contributed by atoms with E-state index in [1.165, 1.54) is 16.3 Å². The fourth-order valence-corrected chi connectivity index (χ4v) is 2.93. The molecule has 1 N–H and O–H groups in total. The van der Waals surface area contributed by atoms with E-state index in [-0.39, 0.29) is 0 Å². The lowest BCUT2D eigenvalue weighted by Gasteiger charge is -2.19. The van der Waals surface area contributed by atoms with Gasteiger partial charge in [0.25, 0.3) is 0 Å². The molecule has 0 bridgehead atoms. The van der Waals surface area contributed by atoms with Gasteiger partial charge in [-0.15, -0.1) is 11.3 Å². The second-order valence-corrected chi connectivity index (χ2v) is 5.91. The Kier molecular flexibility index (Phi) is 6.02. The minimum absolute atomic E-state index is 1.04. The number of aryl methyl sites for hydroxylation is 1. The molecule has 20 heavy (non-hydrogen) atoms. The fraction of sp³-hybridized carbons (Fsp3) is 0.438. The third-order valence-electron chi connectivity index (χ3n) is 3.42. The first-order chi connectivity index (χ1) is 9.77. The summed E-state index contributed by atoms with van der Waals surface area (Å²) in [5, 5.41) is 3.51. The molecular formula is C16H23N3S. The molecule has 2 rings (SSSR count). The van der Waals surface area contributed by atoms with Crippen molar-refractivity contribution in [3.63, 3.8) is 0 Å². The summed E-state index contributed by atoms with van der Waals surface area (Å²) < 4.78 is 0. The van der Waals surface area contributed by atoms with E-state index >= 15 is 0 Å². The van der Waals surface area contributed by atoms with Crippen molar-refractivity contribution in [3.8, 4) is 0 Å². The Balaban J connectivity index is 1.57. The van der Waals surface area contributed by atoms with Crippen LogP contribution in [0.2, 0.25) is 0 Å². The van der Waals surface area contributed by atoms with E-state index in [1.807, 2.05) is 5.51 Å². The van der Waals surface area contributed by atoms with Gasteiger partial charge in [-0.3, -0.25) is 0 Å². The van der Waals surface area contributed by atoms with Crippen molar-refractivity contribution in [2.75, 3.05) is 31.6 Å². The van der Waals surface area contributed by atoms with Crippen molar-refractivity contribution in [1.29, 1.82) is 0 Å². The lowest BCUT2D eigenvalue weighted by Crippen LogP contribution is -2.25. The van der Waals surface area contributed by atoms with Gasteiger partial charge in [0, 0.05) is 30.7 Å². The van der Waals surface area contributed by atoms with Gasteiger partial charge in [-0.25, -0.2) is 4.98 Å². The molecule has 1 heterocycles. The molecule has 0 spiro atoms. The Morgan fingerprint density at radius 2 is 2.00 bits per heavy atom. The van der Waals surface area contributed by atoms with Crippen LogP contribution in [0.25, 0.3) is 0 Å². The molecule has 0 saturated heterocycles. The Labute approximate surface area is 125 Å². The van der Waals surface area contributed by atoms with Crippen LogP contribution < -0.4 is 10.2 Å². The van der Waals surface area contributed by atoms with Crippen LogP contribution in [-0.4, -0.2) is 31.7 Å². The number of hydrogen-bond acceptors (Lipinski definition) is 4. The van der Waals surface area contributed by atoms with E-state index in [9.17, 15) is 0 Å². The normalized spacial score (nSPS) is 10.7. The maximum Gasteiger partial charge on any atom is 0.0797 e. The van der Waals surface area contributed by atoms with Crippen molar-refractivity contribution in [2.24, 2.45) is 0 Å². The van der Waals surface area contributed by atoms with E-state index in [2.05, 4.69) is 59.5 Å². The van der Waals surface area contributed by atoms with Crippen LogP contribution in [-0.2, 0) is 6.42 Å². The maximum absolute atomic E-state index is 4.27. The molecule has 0 amide bonds. The second-order valence-electron chi connectivity index (χ2n) is 4.97. The van der Waals surface area contributed by atoms with Crippen molar-refractivity contribution < 1.29 is 0 Å². The Hall–Kier alpha value is -1.39. The summed E-state index contributed by atoms with van der Waals surface area (Å²) in [5.74, 6) is 0. The molecule has 0 aliphatic rings. The smallest absolute Gasteiger partial charge is 0.0797 e. The van der Waals surface area contributed by atoms with Crippen molar-refractivity contribution in [3.05, 3.63) is 46.4 Å². The average molecular weight is 289 g/mol. The van der Waals surface area contributed by atoms with E-state index in [4.69, 9.17) is 0 Å². The molecule has 0 aliphatic heterocycles. The summed E-state index contributed by atoms with van der Waals surface area (Å²) in [4.78, 5) is 7.97. The molecule has 108 valence electrons. The number of para-hydroxylation sites is 1. The second kappa shape index (κ2) is 8.02. The molecular weight excluding hydrogens is 266 g/mol. The molecule has 0 fully saturated rings. The van der Waals surface area contributed by atoms with Crippen LogP contribution in [0.15, 0.2) is 35.8 Å². The van der Waals surface area contributed by atoms with Crippen LogP contribution in [0.5, 0.6) is 0 Å². The quantitative estimate of drug-likeness (QED) is 0.757. The summed E-state index contributed by atoms with van der Waals surface area (Å²) >= 11 is 1.76. The number of nitrogens with zero attached hydrogens (tertiary/aromatic N) is 2. The van der Waals surface area contributed by atoms with Crippen molar-refractivity contribution in [2.45, 2.75) is 19.8 Å². The third kappa shape index (κ3) is 4.62. The summed E-state index contributed by atoms with van der Waals surface area (Å²) in [7, 11) is 2.15. The van der Waals surface area contributed by atoms with Gasteiger partial charge in [0.05, 0.1) is 11.2 Å². The topological polar surface area (TPSA) is 28.2 Å². The molecule has 4 heteroatoms. The SMILES string of the molecule is Cc1ncsc1CCNCCCN(C)c1ccccc1. The molecule has 2 aromatic rings. The Morgan fingerprint density at radius 3 is 2.70 bits per heavy atom. The van der Waals surface area contributed by atoms with E-state index in [0.29, 0.717) is 0 Å². The van der Waals surface area contributed by atoms with Gasteiger partial charge in [-0.1, -0.05) is 18.2 Å². The van der Waals surface area contributed by atoms with Gasteiger partial charge >= 0.3 is 0 Å². The highest BCUT2D eigenvalue weighted by Crippen LogP contribution is 2.12. The highest BCUT2D eigenvalue weighted by Gasteiger charge is 2.01. The number of thiazole rings is 1. The largest absolute Gasteiger partial charge is 0.375 e. The number of aromatic nitrogens is 1. The van der Waals surface area contributed by atoms with Gasteiger partial charge in [0.2, 0.25) is 0 Å². The average Bonchev–Trinajstić information content (AvgIpc) is 2.89. The molecule has 0 unspecified atom stereocenters. The number of hydrogen-bond donors (Lipinski definition) is 1. The van der Waals surface area contributed by atoms with Gasteiger partial charge in [0.15, 0.2) is 0 Å². The minimum Gasteiger partial charge on any atom is -0.375 e. The predicted molar refractivity (Wildman–Crippen MR) is 87.8 cm³/mol. The highest BCUT2D eigenvalue weighted by molar-refractivity contribution is 7.09. The minimum atomic E-state index is 1.04. The summed E-state index contributed by atoms with van der Waals surface area (Å²) in [6, 6.07) is 10.5. The lowest BCUT2D eigenvalue weighted by molar-refractivity contribution is 0.645. The van der Waals surface area contributed by atoms with E-state index in [0.717, 1.165) is 32.5 Å². The molecule has 1 aromatic carbocycles. The maximum atomic E-state index is 4.27. The number of rotatable bonds is 8. The molecule has 0 aliphatic carbocycles. The first kappa shape index (κ1) is 15.0. The van der Waals surface area contributed by atoms with Gasteiger partial charge in [0.1, 0.15) is 0 Å². The molecule has 0 atom stereocenters. The lowest BCUT2D eigenvalue weighted by atomic mass is 10.2. The number of anilines is 1. The zero-order chi connectivity index (χ0) is 14.2. The zero-order valence-electron chi connectivity index (χ0n) is 12.3. The number of nitrogens with one attached hydrogen (secondary N) is 1. The zero-order valence-corrected chi connectivity index (χ0v) is 13.1. The van der Waals surface area contributed by atoms with Gasteiger partial charge in [-0.05, 0) is 38.4 Å². The van der Waals surface area contributed by atoms with Crippen molar-refractivity contribution >= 4 is 17.0 Å². The molecule has 1 aromatic heterocycles. The van der Waals surface area contributed by atoms with Crippen LogP contribution in [0.1, 0.15) is 17.0 Å². The van der Waals surface area contributed by atoms with Gasteiger partial charge in [-0.2, -0.15) is 0 Å². The van der Waals surface area contributed by atoms with Crippen LogP contribution >= 0.6 is 11.3 Å². The molecule has 0 radical (unpaired) electrons. The first-order valence-electron chi connectivity index (χ1n) is 7.13. The Bertz CT molecular complexity index is 495. The van der Waals surface area contributed by atoms with Crippen molar-refractivity contribution in [1.82, 2.24) is 10.3 Å². The summed E-state index contributed by atoms with van der Waals surface area (Å²) in [5.41, 5.74) is 4.40. The Morgan fingerprint density at radius 1 is 1.20 bits per heavy atom. The third-order valence-corrected chi connectivity index (χ3v) is 4.41. The summed E-state index contributed by atoms with van der Waals surface area (Å²) in [6.45, 7) is 5.27. The fourth-order valence-electron chi connectivity index (χ4n) is 2.15. The van der Waals surface area contributed by atoms with Gasteiger partial charge < -0.3 is 10.2 Å². The van der Waals surface area contributed by atoms with Crippen LogP contribution in [0, 0.1) is 6.92 Å². The van der Waals surface area contributed by atoms with E-state index < -0.39 is 0 Å².